The fraction of sp³-hybridized carbons (Fsp3) is 0.214. The smallest absolute Gasteiger partial charge is 0.265 e. The van der Waals surface area contributed by atoms with Gasteiger partial charge in [-0.2, -0.15) is 11.8 Å². The Hall–Kier alpha value is -0.500. The van der Waals surface area contributed by atoms with Gasteiger partial charge in [0.15, 0.2) is 0 Å². The van der Waals surface area contributed by atoms with Crippen LogP contribution in [0.3, 0.4) is 0 Å². The van der Waals surface area contributed by atoms with Crippen molar-refractivity contribution in [3.05, 3.63) is 42.5 Å². The van der Waals surface area contributed by atoms with Crippen LogP contribution in [-0.2, 0) is 12.2 Å². The van der Waals surface area contributed by atoms with Gasteiger partial charge in [-0.25, -0.2) is 0 Å². The first-order valence-corrected chi connectivity index (χ1v) is 9.85. The molecule has 3 N–H and O–H groups in total. The molecule has 0 spiro atoms. The van der Waals surface area contributed by atoms with Crippen molar-refractivity contribution in [2.45, 2.75) is 12.2 Å². The molecular formula is C14H12Br2N2OS2. The molecule has 3 nitrogen and oxygen atoms in total. The lowest BCUT2D eigenvalue weighted by Crippen LogP contribution is -2.11. The molecule has 0 unspecified atom stereocenters. The summed E-state index contributed by atoms with van der Waals surface area (Å²) >= 11 is 10.4. The van der Waals surface area contributed by atoms with Gasteiger partial charge in [0.2, 0.25) is 0 Å². The molecule has 0 fully saturated rings. The number of halogens is 2. The lowest BCUT2D eigenvalue weighted by Gasteiger charge is -2.09. The van der Waals surface area contributed by atoms with Crippen LogP contribution in [0.5, 0.6) is 0 Å². The van der Waals surface area contributed by atoms with Crippen molar-refractivity contribution in [3.63, 3.8) is 0 Å². The Bertz CT molecular complexity index is 668. The number of carbonyl (C=O) groups is 1. The van der Waals surface area contributed by atoms with Crippen molar-refractivity contribution < 1.29 is 4.79 Å². The van der Waals surface area contributed by atoms with Gasteiger partial charge in [0, 0.05) is 25.3 Å². The number of benzene rings is 1. The van der Waals surface area contributed by atoms with Crippen molar-refractivity contribution in [2.75, 3.05) is 16.8 Å². The van der Waals surface area contributed by atoms with Gasteiger partial charge in [-0.05, 0) is 67.8 Å². The number of hydrogen-bond acceptors (Lipinski definition) is 4. The molecule has 7 heteroatoms. The summed E-state index contributed by atoms with van der Waals surface area (Å²) in [7, 11) is 0. The number of nitrogen functional groups attached to an aromatic ring is 1. The van der Waals surface area contributed by atoms with Crippen LogP contribution in [0.15, 0.2) is 27.1 Å². The zero-order valence-corrected chi connectivity index (χ0v) is 15.7. The molecule has 0 bridgehead atoms. The standard InChI is InChI=1S/C14H12Br2N2OS2/c15-9-4-8(17)5-10(16)13(9)18-14(19)12-3-7-6-20-2-1-11(7)21-12/h3-5H,1-2,6,17H2,(H,18,19). The summed E-state index contributed by atoms with van der Waals surface area (Å²) in [4.78, 5) is 14.5. The van der Waals surface area contributed by atoms with Crippen LogP contribution in [0.2, 0.25) is 0 Å². The number of carbonyl (C=O) groups excluding carboxylic acids is 1. The maximum Gasteiger partial charge on any atom is 0.265 e. The molecule has 1 aliphatic heterocycles. The molecule has 0 saturated carbocycles. The fourth-order valence-corrected chi connectivity index (χ4v) is 5.83. The van der Waals surface area contributed by atoms with Gasteiger partial charge in [0.25, 0.3) is 5.91 Å². The van der Waals surface area contributed by atoms with E-state index in [1.54, 1.807) is 23.5 Å². The van der Waals surface area contributed by atoms with Gasteiger partial charge >= 0.3 is 0 Å². The van der Waals surface area contributed by atoms with E-state index < -0.39 is 0 Å². The van der Waals surface area contributed by atoms with Gasteiger partial charge < -0.3 is 11.1 Å². The topological polar surface area (TPSA) is 55.1 Å². The van der Waals surface area contributed by atoms with Crippen LogP contribution in [0, 0.1) is 0 Å². The fourth-order valence-electron chi connectivity index (χ4n) is 2.15. The number of thiophene rings is 1. The molecule has 0 aliphatic carbocycles. The summed E-state index contributed by atoms with van der Waals surface area (Å²) in [6.45, 7) is 0. The molecule has 1 aliphatic rings. The second kappa shape index (κ2) is 6.32. The van der Waals surface area contributed by atoms with Crippen LogP contribution in [-0.4, -0.2) is 11.7 Å². The summed E-state index contributed by atoms with van der Waals surface area (Å²) in [5.74, 6) is 2.07. The maximum atomic E-state index is 12.4. The molecule has 1 aromatic carbocycles. The molecule has 0 saturated heterocycles. The van der Waals surface area contributed by atoms with Gasteiger partial charge in [0.1, 0.15) is 0 Å². The minimum Gasteiger partial charge on any atom is -0.399 e. The first-order chi connectivity index (χ1) is 10.0. The summed E-state index contributed by atoms with van der Waals surface area (Å²) in [6, 6.07) is 5.56. The van der Waals surface area contributed by atoms with E-state index in [-0.39, 0.29) is 5.91 Å². The number of nitrogens with two attached hydrogens (primary N) is 1. The van der Waals surface area contributed by atoms with Crippen LogP contribution in [0.25, 0.3) is 0 Å². The molecule has 2 heterocycles. The van der Waals surface area contributed by atoms with Gasteiger partial charge in [-0.15, -0.1) is 11.3 Å². The highest BCUT2D eigenvalue weighted by molar-refractivity contribution is 9.11. The predicted octanol–water partition coefficient (Wildman–Crippen LogP) is 4.90. The minimum absolute atomic E-state index is 0.0782. The Balaban J connectivity index is 1.85. The van der Waals surface area contributed by atoms with E-state index in [0.717, 1.165) is 31.7 Å². The molecule has 0 atom stereocenters. The molecule has 0 radical (unpaired) electrons. The van der Waals surface area contributed by atoms with Crippen LogP contribution in [0.1, 0.15) is 20.1 Å². The summed E-state index contributed by atoms with van der Waals surface area (Å²) in [6.07, 6.45) is 1.06. The number of aryl methyl sites for hydroxylation is 1. The number of amides is 1. The second-order valence-electron chi connectivity index (χ2n) is 4.68. The number of fused-ring (bicyclic) bond motifs is 1. The lowest BCUT2D eigenvalue weighted by molar-refractivity contribution is 0.103. The van der Waals surface area contributed by atoms with Crippen molar-refractivity contribution >= 4 is 72.2 Å². The minimum atomic E-state index is -0.0782. The third-order valence-electron chi connectivity index (χ3n) is 3.15. The SMILES string of the molecule is Nc1cc(Br)c(NC(=O)c2cc3c(s2)CCSC3)c(Br)c1. The Morgan fingerprint density at radius 1 is 1.24 bits per heavy atom. The summed E-state index contributed by atoms with van der Waals surface area (Å²) < 4.78 is 1.53. The second-order valence-corrected chi connectivity index (χ2v) is 8.63. The first-order valence-electron chi connectivity index (χ1n) is 6.30. The predicted molar refractivity (Wildman–Crippen MR) is 98.4 cm³/mol. The van der Waals surface area contributed by atoms with Gasteiger partial charge in [-0.3, -0.25) is 4.79 Å². The number of rotatable bonds is 2. The zero-order chi connectivity index (χ0) is 15.0. The average Bonchev–Trinajstić information content (AvgIpc) is 2.86. The monoisotopic (exact) mass is 446 g/mol. The van der Waals surface area contributed by atoms with Crippen molar-refractivity contribution in [1.29, 1.82) is 0 Å². The Morgan fingerprint density at radius 2 is 1.95 bits per heavy atom. The van der Waals surface area contributed by atoms with Crippen LogP contribution < -0.4 is 11.1 Å². The third kappa shape index (κ3) is 3.31. The molecular weight excluding hydrogens is 436 g/mol. The quantitative estimate of drug-likeness (QED) is 0.644. The largest absolute Gasteiger partial charge is 0.399 e. The number of thioether (sulfide) groups is 1. The van der Waals surface area contributed by atoms with E-state index in [2.05, 4.69) is 37.2 Å². The zero-order valence-electron chi connectivity index (χ0n) is 10.9. The van der Waals surface area contributed by atoms with Crippen molar-refractivity contribution in [1.82, 2.24) is 0 Å². The van der Waals surface area contributed by atoms with Crippen LogP contribution in [0.4, 0.5) is 11.4 Å². The summed E-state index contributed by atoms with van der Waals surface area (Å²) in [5, 5.41) is 2.95. The van der Waals surface area contributed by atoms with E-state index in [1.165, 1.54) is 10.4 Å². The molecule has 1 amide bonds. The first kappa shape index (κ1) is 15.4. The molecule has 1 aromatic heterocycles. The van der Waals surface area contributed by atoms with Gasteiger partial charge in [-0.1, -0.05) is 0 Å². The van der Waals surface area contributed by atoms with E-state index in [0.29, 0.717) is 11.4 Å². The average molecular weight is 448 g/mol. The van der Waals surface area contributed by atoms with E-state index >= 15 is 0 Å². The van der Waals surface area contributed by atoms with E-state index in [1.807, 2.05) is 17.8 Å². The van der Waals surface area contributed by atoms with E-state index in [9.17, 15) is 4.79 Å². The lowest BCUT2D eigenvalue weighted by atomic mass is 10.2. The van der Waals surface area contributed by atoms with E-state index in [4.69, 9.17) is 5.73 Å². The number of nitrogens with one attached hydrogen (secondary N) is 1. The van der Waals surface area contributed by atoms with Crippen molar-refractivity contribution in [2.24, 2.45) is 0 Å². The highest BCUT2D eigenvalue weighted by Crippen LogP contribution is 2.35. The Morgan fingerprint density at radius 3 is 2.62 bits per heavy atom. The maximum absolute atomic E-state index is 12.4. The summed E-state index contributed by atoms with van der Waals surface area (Å²) in [5.41, 5.74) is 8.40. The number of hydrogen-bond donors (Lipinski definition) is 2. The molecule has 110 valence electrons. The molecule has 2 aromatic rings. The number of anilines is 2. The third-order valence-corrected chi connectivity index (χ3v) is 6.65. The normalized spacial score (nSPS) is 13.8. The molecule has 3 rings (SSSR count). The highest BCUT2D eigenvalue weighted by Gasteiger charge is 2.19. The Kier molecular flexibility index (Phi) is 4.63. The van der Waals surface area contributed by atoms with Crippen LogP contribution >= 0.6 is 55.0 Å². The highest BCUT2D eigenvalue weighted by atomic mass is 79.9. The molecule has 21 heavy (non-hydrogen) atoms. The van der Waals surface area contributed by atoms with Crippen molar-refractivity contribution in [3.8, 4) is 0 Å². The Labute approximate surface area is 147 Å². The van der Waals surface area contributed by atoms with Gasteiger partial charge in [0.05, 0.1) is 10.6 Å².